The number of hydrogen-bond acceptors (Lipinski definition) is 13. The number of carbonyl (C=O) groups is 1. The van der Waals surface area contributed by atoms with Crippen LogP contribution >= 0.6 is 0 Å². The second-order valence-corrected chi connectivity index (χ2v) is 18.7. The SMILES string of the molecule is C=CCO[C@@]12Oc3ccc(OCCN4CC4)cc3[C@H]3[C@H](CCCCO)[C@@H](CCCCO)C=C(C(=NOCc4ccccc4)C[C@@H]1N(Cc1ccc4c(c1)OCO4)C(=O)OCCOCc1ccccc1)[C@H]32. The smallest absolute Gasteiger partial charge is 0.410 e. The molecule has 14 heteroatoms. The number of carbonyl (C=O) groups excluding carboxylic acids is 1. The molecule has 4 aromatic rings. The van der Waals surface area contributed by atoms with Crippen LogP contribution in [0.4, 0.5) is 4.79 Å². The molecule has 0 unspecified atom stereocenters. The average Bonchev–Trinajstić information content (AvgIpc) is 4.10. The molecule has 2 N–H and O–H groups in total. The van der Waals surface area contributed by atoms with Gasteiger partial charge in [-0.05, 0) is 90.1 Å². The van der Waals surface area contributed by atoms with Gasteiger partial charge in [-0.25, -0.2) is 4.79 Å². The van der Waals surface area contributed by atoms with Gasteiger partial charge in [0.1, 0.15) is 37.4 Å². The number of oxime groups is 1. The number of aliphatic hydroxyl groups excluding tert-OH is 2. The molecule has 3 aliphatic heterocycles. The molecule has 1 amide bonds. The summed E-state index contributed by atoms with van der Waals surface area (Å²) in [7, 11) is 0. The Hall–Kier alpha value is -5.90. The van der Waals surface area contributed by atoms with Crippen LogP contribution in [0, 0.1) is 17.8 Å². The number of aliphatic hydroxyl groups is 2. The van der Waals surface area contributed by atoms with E-state index in [0.717, 1.165) is 78.9 Å². The third-order valence-corrected chi connectivity index (χ3v) is 14.1. The average molecular weight is 958 g/mol. The van der Waals surface area contributed by atoms with Gasteiger partial charge in [0.05, 0.1) is 31.5 Å². The molecule has 0 radical (unpaired) electrons. The Bertz CT molecular complexity index is 2410. The van der Waals surface area contributed by atoms with E-state index in [0.29, 0.717) is 49.0 Å². The van der Waals surface area contributed by atoms with Gasteiger partial charge in [0.2, 0.25) is 12.6 Å². The molecule has 14 nitrogen and oxygen atoms in total. The number of ether oxygens (including phenoxy) is 7. The monoisotopic (exact) mass is 957 g/mol. The summed E-state index contributed by atoms with van der Waals surface area (Å²) >= 11 is 0. The quantitative estimate of drug-likeness (QED) is 0.0268. The lowest BCUT2D eigenvalue weighted by Crippen LogP contribution is -2.70. The lowest BCUT2D eigenvalue weighted by Gasteiger charge is -2.59. The van der Waals surface area contributed by atoms with Crippen molar-refractivity contribution in [2.24, 2.45) is 22.9 Å². The molecule has 2 fully saturated rings. The first-order chi connectivity index (χ1) is 34.5. The van der Waals surface area contributed by atoms with Gasteiger partial charge in [-0.15, -0.1) is 6.58 Å². The standard InChI is InChI=1S/C56H67N3O11/c1-2-28-68-56-52(59(36-42-19-21-50-51(32-42)67-39-66-50)55(62)65-31-30-63-37-40-13-5-3-6-14-40)35-48(57-69-38-41-15-7-4-8-16-41)46-33-43(17-9-11-26-60)45(18-10-12-27-61)53(54(46)56)47-34-44(20-22-49(47)70-56)64-29-25-58-23-24-58/h2-8,13-16,19-22,32-34,43,45,52-54,60-61H,1,9-12,17-18,23-31,35-39H2/t43-,45+,52-,53+,54+,56+/m0/s1. The molecule has 2 aliphatic carbocycles. The van der Waals surface area contributed by atoms with E-state index in [4.69, 9.17) is 43.2 Å². The lowest BCUT2D eigenvalue weighted by atomic mass is 9.55. The van der Waals surface area contributed by atoms with Crippen LogP contribution < -0.4 is 18.9 Å². The van der Waals surface area contributed by atoms with E-state index in [1.807, 2.05) is 91.0 Å². The zero-order valence-corrected chi connectivity index (χ0v) is 40.0. The third-order valence-electron chi connectivity index (χ3n) is 14.1. The van der Waals surface area contributed by atoms with Crippen molar-refractivity contribution in [3.63, 3.8) is 0 Å². The zero-order chi connectivity index (χ0) is 48.1. The van der Waals surface area contributed by atoms with Crippen LogP contribution in [0.15, 0.2) is 127 Å². The molecular weight excluding hydrogens is 891 g/mol. The summed E-state index contributed by atoms with van der Waals surface area (Å²) in [6.45, 7) is 8.98. The number of rotatable bonds is 26. The predicted molar refractivity (Wildman–Crippen MR) is 264 cm³/mol. The number of benzene rings is 4. The molecule has 5 aliphatic rings. The van der Waals surface area contributed by atoms with Gasteiger partial charge in [0.15, 0.2) is 11.5 Å². The van der Waals surface area contributed by atoms with Gasteiger partial charge in [-0.3, -0.25) is 9.80 Å². The van der Waals surface area contributed by atoms with Crippen molar-refractivity contribution in [2.75, 3.05) is 66.1 Å². The van der Waals surface area contributed by atoms with E-state index < -0.39 is 23.8 Å². The van der Waals surface area contributed by atoms with E-state index in [-0.39, 0.29) is 77.2 Å². The Balaban J connectivity index is 1.17. The minimum atomic E-state index is -1.50. The summed E-state index contributed by atoms with van der Waals surface area (Å²) in [6, 6.07) is 30.7. The molecule has 4 aromatic carbocycles. The Morgan fingerprint density at radius 1 is 0.829 bits per heavy atom. The Labute approximate surface area is 411 Å². The van der Waals surface area contributed by atoms with Gasteiger partial charge >= 0.3 is 6.09 Å². The highest BCUT2D eigenvalue weighted by molar-refractivity contribution is 6.03. The second kappa shape index (κ2) is 23.8. The van der Waals surface area contributed by atoms with E-state index in [2.05, 4.69) is 23.6 Å². The molecule has 6 atom stereocenters. The minimum absolute atomic E-state index is 0.00155. The predicted octanol–water partition coefficient (Wildman–Crippen LogP) is 8.80. The van der Waals surface area contributed by atoms with Gasteiger partial charge < -0.3 is 48.2 Å². The summed E-state index contributed by atoms with van der Waals surface area (Å²) in [5, 5.41) is 25.1. The highest BCUT2D eigenvalue weighted by Crippen LogP contribution is 2.62. The van der Waals surface area contributed by atoms with Crippen molar-refractivity contribution >= 4 is 11.8 Å². The number of unbranched alkanes of at least 4 members (excludes halogenated alkanes) is 2. The number of fused-ring (bicyclic) bond motifs is 3. The lowest BCUT2D eigenvalue weighted by molar-refractivity contribution is -0.256. The molecule has 0 aromatic heterocycles. The minimum Gasteiger partial charge on any atom is -0.492 e. The number of nitrogens with zero attached hydrogens (tertiary/aromatic N) is 3. The summed E-state index contributed by atoms with van der Waals surface area (Å²) < 4.78 is 44.8. The first-order valence-corrected chi connectivity index (χ1v) is 25.0. The van der Waals surface area contributed by atoms with Crippen LogP contribution in [0.5, 0.6) is 23.0 Å². The first-order valence-electron chi connectivity index (χ1n) is 25.0. The molecule has 0 spiro atoms. The van der Waals surface area contributed by atoms with Crippen molar-refractivity contribution in [3.05, 3.63) is 144 Å². The largest absolute Gasteiger partial charge is 0.492 e. The van der Waals surface area contributed by atoms with Crippen LogP contribution in [0.25, 0.3) is 0 Å². The Morgan fingerprint density at radius 3 is 2.33 bits per heavy atom. The van der Waals surface area contributed by atoms with Gasteiger partial charge in [-0.1, -0.05) is 96.9 Å². The van der Waals surface area contributed by atoms with Crippen molar-refractivity contribution in [2.45, 2.75) is 82.5 Å². The first kappa shape index (κ1) is 49.1. The van der Waals surface area contributed by atoms with Gasteiger partial charge in [0.25, 0.3) is 0 Å². The molecule has 0 bridgehead atoms. The molecule has 9 rings (SSSR count). The van der Waals surface area contributed by atoms with Crippen LogP contribution in [0.3, 0.4) is 0 Å². The summed E-state index contributed by atoms with van der Waals surface area (Å²) in [4.78, 5) is 25.5. The van der Waals surface area contributed by atoms with E-state index in [1.54, 1.807) is 11.0 Å². The maximum Gasteiger partial charge on any atom is 0.410 e. The van der Waals surface area contributed by atoms with Gasteiger partial charge in [-0.2, -0.15) is 0 Å². The molecular formula is C56H67N3O11. The van der Waals surface area contributed by atoms with E-state index in [1.165, 1.54) is 0 Å². The topological polar surface area (TPSA) is 150 Å². The van der Waals surface area contributed by atoms with Crippen molar-refractivity contribution in [1.29, 1.82) is 0 Å². The number of amides is 1. The van der Waals surface area contributed by atoms with Crippen LogP contribution in [-0.2, 0) is 38.8 Å². The fraction of sp³-hybridized carbons (Fsp3) is 0.464. The molecule has 1 saturated heterocycles. The third kappa shape index (κ3) is 11.6. The van der Waals surface area contributed by atoms with Crippen LogP contribution in [0.1, 0.15) is 73.1 Å². The van der Waals surface area contributed by atoms with Crippen molar-refractivity contribution < 1.29 is 53.0 Å². The van der Waals surface area contributed by atoms with Crippen molar-refractivity contribution in [3.8, 4) is 23.0 Å². The maximum atomic E-state index is 15.1. The fourth-order valence-electron chi connectivity index (χ4n) is 10.7. The maximum absolute atomic E-state index is 15.1. The summed E-state index contributed by atoms with van der Waals surface area (Å²) in [5.74, 6) is 0.484. The Kier molecular flexibility index (Phi) is 16.7. The zero-order valence-electron chi connectivity index (χ0n) is 40.0. The molecule has 70 heavy (non-hydrogen) atoms. The van der Waals surface area contributed by atoms with E-state index >= 15 is 4.79 Å². The Morgan fingerprint density at radius 2 is 1.57 bits per heavy atom. The molecule has 1 saturated carbocycles. The normalized spacial score (nSPS) is 23.4. The highest BCUT2D eigenvalue weighted by atomic mass is 16.7. The highest BCUT2D eigenvalue weighted by Gasteiger charge is 2.65. The molecule has 372 valence electrons. The number of hydrogen-bond donors (Lipinski definition) is 2. The van der Waals surface area contributed by atoms with Crippen LogP contribution in [-0.4, -0.2) is 110 Å². The van der Waals surface area contributed by atoms with Crippen LogP contribution in [0.2, 0.25) is 0 Å². The fourth-order valence-corrected chi connectivity index (χ4v) is 10.7. The second-order valence-electron chi connectivity index (χ2n) is 18.7. The summed E-state index contributed by atoms with van der Waals surface area (Å²) in [6.07, 6.45) is 8.26. The molecule has 3 heterocycles. The summed E-state index contributed by atoms with van der Waals surface area (Å²) in [5.41, 5.74) is 5.38. The van der Waals surface area contributed by atoms with Gasteiger partial charge in [0, 0.05) is 57.3 Å². The van der Waals surface area contributed by atoms with E-state index in [9.17, 15) is 10.2 Å². The van der Waals surface area contributed by atoms with Crippen molar-refractivity contribution in [1.82, 2.24) is 9.80 Å². The number of allylic oxidation sites excluding steroid dienone is 1.